The molecule has 0 radical (unpaired) electrons. The second-order valence-electron chi connectivity index (χ2n) is 5.80. The molecule has 0 bridgehead atoms. The van der Waals surface area contributed by atoms with Crippen LogP contribution >= 0.6 is 23.5 Å². The highest BCUT2D eigenvalue weighted by atomic mass is 32.2. The van der Waals surface area contributed by atoms with Gasteiger partial charge < -0.3 is 4.74 Å². The number of thioether (sulfide) groups is 2. The number of anilines is 1. The summed E-state index contributed by atoms with van der Waals surface area (Å²) in [5, 5.41) is 0.739. The fraction of sp³-hybridized carbons (Fsp3) is 0.100. The van der Waals surface area contributed by atoms with E-state index in [0.717, 1.165) is 28.4 Å². The minimum absolute atomic E-state index is 0.234. The molecule has 0 N–H and O–H groups in total. The third-order valence-corrected chi connectivity index (χ3v) is 5.96. The van der Waals surface area contributed by atoms with Crippen molar-refractivity contribution in [3.8, 4) is 5.75 Å². The van der Waals surface area contributed by atoms with Gasteiger partial charge >= 0.3 is 0 Å². The smallest absolute Gasteiger partial charge is 0.273 e. The van der Waals surface area contributed by atoms with Crippen LogP contribution in [-0.2, 0) is 9.59 Å². The summed E-state index contributed by atoms with van der Waals surface area (Å²) in [6, 6.07) is 10.2. The maximum atomic E-state index is 13.2. The molecular formula is C20H15N5O3S2. The molecule has 0 saturated carbocycles. The Labute approximate surface area is 180 Å². The lowest BCUT2D eigenvalue weighted by Gasteiger charge is -2.15. The summed E-state index contributed by atoms with van der Waals surface area (Å²) in [5.41, 5.74) is 0.449. The Morgan fingerprint density at radius 1 is 0.800 bits per heavy atom. The molecule has 1 aliphatic rings. The molecule has 0 fully saturated rings. The highest BCUT2D eigenvalue weighted by Gasteiger charge is 2.41. The quantitative estimate of drug-likeness (QED) is 0.407. The average Bonchev–Trinajstić information content (AvgIpc) is 3.00. The molecule has 0 atom stereocenters. The van der Waals surface area contributed by atoms with Crippen molar-refractivity contribution in [1.29, 1.82) is 0 Å². The fourth-order valence-corrected chi connectivity index (χ4v) is 4.41. The van der Waals surface area contributed by atoms with E-state index in [0.29, 0.717) is 28.4 Å². The summed E-state index contributed by atoms with van der Waals surface area (Å²) in [6.45, 7) is 2.41. The number of nitrogens with zero attached hydrogens (tertiary/aromatic N) is 5. The number of hydrogen-bond acceptors (Lipinski definition) is 9. The molecule has 3 aromatic rings. The number of amides is 2. The van der Waals surface area contributed by atoms with Gasteiger partial charge in [-0.15, -0.1) is 0 Å². The van der Waals surface area contributed by atoms with Gasteiger partial charge in [-0.25, -0.2) is 24.8 Å². The number of hydrogen-bond donors (Lipinski definition) is 0. The third-order valence-electron chi connectivity index (χ3n) is 3.88. The summed E-state index contributed by atoms with van der Waals surface area (Å²) in [6.07, 6.45) is 6.31. The molecular weight excluding hydrogens is 422 g/mol. The van der Waals surface area contributed by atoms with Gasteiger partial charge in [0, 0.05) is 24.8 Å². The van der Waals surface area contributed by atoms with Crippen LogP contribution in [0.5, 0.6) is 5.75 Å². The number of aromatic nitrogens is 4. The van der Waals surface area contributed by atoms with E-state index in [2.05, 4.69) is 19.9 Å². The number of carbonyl (C=O) groups is 2. The Bertz CT molecular complexity index is 1030. The summed E-state index contributed by atoms with van der Waals surface area (Å²) < 4.78 is 5.44. The van der Waals surface area contributed by atoms with Gasteiger partial charge in [0.05, 0.1) is 12.3 Å². The van der Waals surface area contributed by atoms with Crippen molar-refractivity contribution >= 4 is 41.0 Å². The lowest BCUT2D eigenvalue weighted by Crippen LogP contribution is -2.31. The van der Waals surface area contributed by atoms with Gasteiger partial charge in [-0.2, -0.15) is 0 Å². The first-order valence-electron chi connectivity index (χ1n) is 8.93. The highest BCUT2D eigenvalue weighted by Crippen LogP contribution is 2.42. The predicted octanol–water partition coefficient (Wildman–Crippen LogP) is 3.33. The van der Waals surface area contributed by atoms with Crippen LogP contribution in [0, 0.1) is 0 Å². The van der Waals surface area contributed by atoms with E-state index in [1.807, 2.05) is 6.92 Å². The van der Waals surface area contributed by atoms with Gasteiger partial charge in [-0.1, -0.05) is 0 Å². The van der Waals surface area contributed by atoms with Crippen LogP contribution in [-0.4, -0.2) is 38.4 Å². The van der Waals surface area contributed by atoms with Crippen molar-refractivity contribution in [1.82, 2.24) is 19.9 Å². The Morgan fingerprint density at radius 3 is 1.70 bits per heavy atom. The number of benzene rings is 1. The SMILES string of the molecule is CCOc1ccc(N2C(=O)C(Sc3ncccn3)=C(Sc3ncccn3)C2=O)cc1. The lowest BCUT2D eigenvalue weighted by molar-refractivity contribution is -0.120. The van der Waals surface area contributed by atoms with Crippen molar-refractivity contribution < 1.29 is 14.3 Å². The van der Waals surface area contributed by atoms with Crippen LogP contribution in [0.25, 0.3) is 0 Å². The Hall–Kier alpha value is -3.24. The van der Waals surface area contributed by atoms with Crippen LogP contribution in [0.1, 0.15) is 6.92 Å². The molecule has 3 heterocycles. The van der Waals surface area contributed by atoms with E-state index < -0.39 is 11.8 Å². The van der Waals surface area contributed by atoms with Gasteiger partial charge in [0.15, 0.2) is 10.3 Å². The molecule has 2 amide bonds. The molecule has 2 aromatic heterocycles. The van der Waals surface area contributed by atoms with E-state index >= 15 is 0 Å². The van der Waals surface area contributed by atoms with Crippen LogP contribution < -0.4 is 9.64 Å². The number of rotatable bonds is 7. The summed E-state index contributed by atoms with van der Waals surface area (Å²) in [4.78, 5) is 44.6. The molecule has 0 saturated heterocycles. The summed E-state index contributed by atoms with van der Waals surface area (Å²) in [5.74, 6) is -0.229. The molecule has 0 unspecified atom stereocenters. The van der Waals surface area contributed by atoms with E-state index in [-0.39, 0.29) is 9.81 Å². The van der Waals surface area contributed by atoms with E-state index in [1.165, 1.54) is 0 Å². The third kappa shape index (κ3) is 4.19. The van der Waals surface area contributed by atoms with E-state index in [9.17, 15) is 9.59 Å². The second kappa shape index (κ2) is 9.06. The van der Waals surface area contributed by atoms with Gasteiger partial charge in [0.1, 0.15) is 15.6 Å². The minimum atomic E-state index is -0.444. The van der Waals surface area contributed by atoms with Gasteiger partial charge in [0.25, 0.3) is 11.8 Å². The van der Waals surface area contributed by atoms with Crippen molar-refractivity contribution in [3.63, 3.8) is 0 Å². The zero-order valence-electron chi connectivity index (χ0n) is 15.8. The van der Waals surface area contributed by atoms with Gasteiger partial charge in [0.2, 0.25) is 0 Å². The van der Waals surface area contributed by atoms with E-state index in [1.54, 1.807) is 61.2 Å². The van der Waals surface area contributed by atoms with Crippen LogP contribution in [0.4, 0.5) is 5.69 Å². The average molecular weight is 438 g/mol. The van der Waals surface area contributed by atoms with Crippen molar-refractivity contribution in [2.24, 2.45) is 0 Å². The topological polar surface area (TPSA) is 98.2 Å². The monoisotopic (exact) mass is 437 g/mol. The first-order valence-corrected chi connectivity index (χ1v) is 10.6. The minimum Gasteiger partial charge on any atom is -0.494 e. The highest BCUT2D eigenvalue weighted by molar-refractivity contribution is 8.08. The first kappa shape index (κ1) is 20.0. The van der Waals surface area contributed by atoms with Crippen molar-refractivity contribution in [2.45, 2.75) is 17.2 Å². The summed E-state index contributed by atoms with van der Waals surface area (Å²) in [7, 11) is 0. The molecule has 10 heteroatoms. The number of ether oxygens (including phenoxy) is 1. The Morgan fingerprint density at radius 2 is 1.27 bits per heavy atom. The molecule has 8 nitrogen and oxygen atoms in total. The van der Waals surface area contributed by atoms with Crippen molar-refractivity contribution in [3.05, 3.63) is 71.0 Å². The number of imide groups is 1. The number of carbonyl (C=O) groups excluding carboxylic acids is 2. The predicted molar refractivity (Wildman–Crippen MR) is 113 cm³/mol. The van der Waals surface area contributed by atoms with Gasteiger partial charge in [-0.3, -0.25) is 9.59 Å². The fourth-order valence-electron chi connectivity index (χ4n) is 2.62. The zero-order valence-corrected chi connectivity index (χ0v) is 17.4. The second-order valence-corrected chi connectivity index (χ2v) is 7.75. The standard InChI is InChI=1S/C20H15N5O3S2/c1-2-28-14-7-5-13(6-8-14)25-17(26)15(29-19-21-9-3-10-22-19)16(18(25)27)30-20-23-11-4-12-24-20/h3-12H,2H2,1H3. The zero-order chi connectivity index (χ0) is 20.9. The van der Waals surface area contributed by atoms with Crippen LogP contribution in [0.2, 0.25) is 0 Å². The Kier molecular flexibility index (Phi) is 6.05. The molecule has 1 aromatic carbocycles. The van der Waals surface area contributed by atoms with Crippen LogP contribution in [0.15, 0.2) is 81.3 Å². The molecule has 4 rings (SSSR count). The Balaban J connectivity index is 1.69. The molecule has 0 spiro atoms. The molecule has 0 aliphatic carbocycles. The first-order chi connectivity index (χ1) is 14.7. The van der Waals surface area contributed by atoms with E-state index in [4.69, 9.17) is 4.74 Å². The normalized spacial score (nSPS) is 13.8. The van der Waals surface area contributed by atoms with Crippen molar-refractivity contribution in [2.75, 3.05) is 11.5 Å². The maximum absolute atomic E-state index is 13.2. The maximum Gasteiger partial charge on any atom is 0.273 e. The largest absolute Gasteiger partial charge is 0.494 e. The molecule has 30 heavy (non-hydrogen) atoms. The molecule has 150 valence electrons. The molecule has 1 aliphatic heterocycles. The lowest BCUT2D eigenvalue weighted by atomic mass is 10.3. The van der Waals surface area contributed by atoms with Crippen LogP contribution in [0.3, 0.4) is 0 Å². The summed E-state index contributed by atoms with van der Waals surface area (Å²) >= 11 is 2.09. The van der Waals surface area contributed by atoms with Gasteiger partial charge in [-0.05, 0) is 66.8 Å².